The van der Waals surface area contributed by atoms with Gasteiger partial charge in [0.15, 0.2) is 0 Å². The molecule has 4 nitrogen and oxygen atoms in total. The molecule has 0 aromatic carbocycles. The first-order valence-electron chi connectivity index (χ1n) is 11.0. The molecule has 27 heavy (non-hydrogen) atoms. The molecule has 0 spiro atoms. The minimum Gasteiger partial charge on any atom is -0.748 e. The van der Waals surface area contributed by atoms with E-state index in [1.54, 1.807) is 0 Å². The van der Waals surface area contributed by atoms with Crippen LogP contribution in [0.5, 0.6) is 0 Å². The number of unbranched alkanes of at least 4 members (excludes halogenated alkanes) is 12. The quantitative estimate of drug-likeness (QED) is 0.194. The fourth-order valence-electron chi connectivity index (χ4n) is 3.32. The maximum absolute atomic E-state index is 10.8. The monoisotopic (exact) mass is 430 g/mol. The summed E-state index contributed by atoms with van der Waals surface area (Å²) in [6.45, 7) is 3.72. The second kappa shape index (κ2) is 20.8. The van der Waals surface area contributed by atoms with E-state index in [9.17, 15) is 18.1 Å². The van der Waals surface area contributed by atoms with Crippen LogP contribution in [0.2, 0.25) is 0 Å². The van der Waals surface area contributed by atoms with Crippen LogP contribution in [-0.4, -0.2) is 29.4 Å². The van der Waals surface area contributed by atoms with Crippen LogP contribution in [0.4, 0.5) is 0 Å². The maximum atomic E-state index is 10.8. The zero-order valence-electron chi connectivity index (χ0n) is 18.3. The summed E-state index contributed by atoms with van der Waals surface area (Å²) in [7, 11) is -4.15. The van der Waals surface area contributed by atoms with Crippen molar-refractivity contribution in [3.8, 4) is 0 Å². The molecule has 0 saturated heterocycles. The molecule has 0 aliphatic rings. The van der Waals surface area contributed by atoms with Crippen molar-refractivity contribution in [2.75, 3.05) is 0 Å². The van der Waals surface area contributed by atoms with Crippen LogP contribution in [-0.2, 0) is 10.1 Å². The third-order valence-corrected chi connectivity index (χ3v) is 6.50. The second-order valence-corrected chi connectivity index (χ2v) is 9.71. The summed E-state index contributed by atoms with van der Waals surface area (Å²) in [5.74, 6) is 0. The van der Waals surface area contributed by atoms with E-state index in [0.29, 0.717) is 19.3 Å². The number of hydrogen-bond donors (Lipinski definition) is 1. The van der Waals surface area contributed by atoms with Crippen LogP contribution in [0.3, 0.4) is 0 Å². The molecule has 0 aromatic rings. The minimum atomic E-state index is -4.15. The maximum Gasteiger partial charge on any atom is 1.00 e. The summed E-state index contributed by atoms with van der Waals surface area (Å²) in [6.07, 6.45) is 19.0. The van der Waals surface area contributed by atoms with Gasteiger partial charge in [0.2, 0.25) is 0 Å². The van der Waals surface area contributed by atoms with Gasteiger partial charge in [-0.25, -0.2) is 8.42 Å². The Morgan fingerprint density at radius 3 is 1.44 bits per heavy atom. The zero-order valence-corrected chi connectivity index (χ0v) is 22.2. The summed E-state index contributed by atoms with van der Waals surface area (Å²) in [6, 6.07) is 0. The molecule has 0 bridgehead atoms. The van der Waals surface area contributed by atoms with Gasteiger partial charge in [-0.1, -0.05) is 96.8 Å². The molecule has 0 amide bonds. The first-order chi connectivity index (χ1) is 12.4. The van der Waals surface area contributed by atoms with E-state index in [-0.39, 0.29) is 57.5 Å². The van der Waals surface area contributed by atoms with E-state index < -0.39 is 15.4 Å². The average Bonchev–Trinajstić information content (AvgIpc) is 2.58. The molecule has 0 saturated carbocycles. The molecule has 0 aliphatic heterocycles. The smallest absolute Gasteiger partial charge is 0.748 e. The summed E-state index contributed by atoms with van der Waals surface area (Å²) in [5, 5.41) is 9.15. The SMILES string of the molecule is CCCCCCCCCCCCCCC(O)CCCCC(C)S(=O)(=O)[O-].[K+]. The van der Waals surface area contributed by atoms with Crippen molar-refractivity contribution in [3.05, 3.63) is 0 Å². The summed E-state index contributed by atoms with van der Waals surface area (Å²) in [4.78, 5) is 0. The van der Waals surface area contributed by atoms with Gasteiger partial charge in [0.1, 0.15) is 0 Å². The third-order valence-electron chi connectivity index (χ3n) is 5.28. The van der Waals surface area contributed by atoms with Gasteiger partial charge < -0.3 is 9.66 Å². The minimum absolute atomic E-state index is 0. The predicted octanol–water partition coefficient (Wildman–Crippen LogP) is 2.94. The van der Waals surface area contributed by atoms with Crippen LogP contribution in [0.15, 0.2) is 0 Å². The van der Waals surface area contributed by atoms with Crippen molar-refractivity contribution in [1.82, 2.24) is 0 Å². The van der Waals surface area contributed by atoms with Gasteiger partial charge in [-0.05, 0) is 26.2 Å². The molecule has 0 aromatic heterocycles. The molecule has 0 aliphatic carbocycles. The number of rotatable bonds is 19. The van der Waals surface area contributed by atoms with Gasteiger partial charge in [-0.3, -0.25) is 0 Å². The molecule has 0 fully saturated rings. The van der Waals surface area contributed by atoms with Gasteiger partial charge in [-0.15, -0.1) is 0 Å². The molecular formula is C21H43KO4S. The predicted molar refractivity (Wildman–Crippen MR) is 109 cm³/mol. The van der Waals surface area contributed by atoms with Gasteiger partial charge in [0.05, 0.1) is 16.2 Å². The first kappa shape index (κ1) is 30.7. The van der Waals surface area contributed by atoms with Crippen LogP contribution >= 0.6 is 0 Å². The average molecular weight is 431 g/mol. The van der Waals surface area contributed by atoms with E-state index in [1.165, 1.54) is 77.6 Å². The third kappa shape index (κ3) is 22.0. The van der Waals surface area contributed by atoms with Gasteiger partial charge in [-0.2, -0.15) is 0 Å². The van der Waals surface area contributed by atoms with Gasteiger partial charge >= 0.3 is 51.4 Å². The number of aliphatic hydroxyl groups is 1. The largest absolute Gasteiger partial charge is 1.00 e. The van der Waals surface area contributed by atoms with Crippen molar-refractivity contribution in [1.29, 1.82) is 0 Å². The molecule has 6 heteroatoms. The Morgan fingerprint density at radius 2 is 1.04 bits per heavy atom. The van der Waals surface area contributed by atoms with Crippen LogP contribution < -0.4 is 51.4 Å². The Bertz CT molecular complexity index is 401. The van der Waals surface area contributed by atoms with E-state index in [1.807, 2.05) is 0 Å². The summed E-state index contributed by atoms with van der Waals surface area (Å²) in [5.41, 5.74) is 0. The molecule has 158 valence electrons. The van der Waals surface area contributed by atoms with Crippen molar-refractivity contribution in [3.63, 3.8) is 0 Å². The molecule has 0 rings (SSSR count). The standard InChI is InChI=1S/C21H44O4S.K/c1-3-4-5-6-7-8-9-10-11-12-13-14-18-21(22)19-16-15-17-20(2)26(23,24)25;/h20-22H,3-19H2,1-2H3,(H,23,24,25);/q;+1/p-1. The van der Waals surface area contributed by atoms with Crippen molar-refractivity contribution in [2.45, 2.75) is 134 Å². The van der Waals surface area contributed by atoms with Gasteiger partial charge in [0, 0.05) is 5.25 Å². The Morgan fingerprint density at radius 1 is 0.704 bits per heavy atom. The molecular weight excluding hydrogens is 387 g/mol. The first-order valence-corrected chi connectivity index (χ1v) is 12.5. The zero-order chi connectivity index (χ0) is 19.7. The molecule has 0 radical (unpaired) electrons. The molecule has 0 heterocycles. The van der Waals surface area contributed by atoms with Crippen molar-refractivity contribution < 1.29 is 69.5 Å². The van der Waals surface area contributed by atoms with E-state index in [2.05, 4.69) is 6.92 Å². The topological polar surface area (TPSA) is 77.4 Å². The molecule has 2 atom stereocenters. The van der Waals surface area contributed by atoms with Crippen LogP contribution in [0, 0.1) is 0 Å². The van der Waals surface area contributed by atoms with Crippen LogP contribution in [0.1, 0.15) is 123 Å². The fraction of sp³-hybridized carbons (Fsp3) is 1.00. The number of hydrogen-bond acceptors (Lipinski definition) is 4. The summed E-state index contributed by atoms with van der Waals surface area (Å²) >= 11 is 0. The van der Waals surface area contributed by atoms with Crippen LogP contribution in [0.25, 0.3) is 0 Å². The molecule has 2 unspecified atom stereocenters. The molecule has 1 N–H and O–H groups in total. The van der Waals surface area contributed by atoms with E-state index in [4.69, 9.17) is 0 Å². The van der Waals surface area contributed by atoms with Gasteiger partial charge in [0.25, 0.3) is 0 Å². The van der Waals surface area contributed by atoms with E-state index in [0.717, 1.165) is 19.3 Å². The van der Waals surface area contributed by atoms with Crippen molar-refractivity contribution in [2.24, 2.45) is 0 Å². The fourth-order valence-corrected chi connectivity index (χ4v) is 3.78. The van der Waals surface area contributed by atoms with Crippen molar-refractivity contribution >= 4 is 10.1 Å². The van der Waals surface area contributed by atoms with E-state index >= 15 is 0 Å². The number of aliphatic hydroxyl groups excluding tert-OH is 1. The Balaban J connectivity index is 0. The summed E-state index contributed by atoms with van der Waals surface area (Å²) < 4.78 is 32.4. The second-order valence-electron chi connectivity index (χ2n) is 7.92. The Labute approximate surface area is 211 Å². The normalized spacial score (nSPS) is 13.9. The Kier molecular flexibility index (Phi) is 23.6. The Hall–Kier alpha value is 1.51.